The van der Waals surface area contributed by atoms with Gasteiger partial charge in [-0.1, -0.05) is 13.0 Å². The summed E-state index contributed by atoms with van der Waals surface area (Å²) in [6.07, 6.45) is 3.91. The van der Waals surface area contributed by atoms with E-state index in [0.29, 0.717) is 6.54 Å². The fourth-order valence-electron chi connectivity index (χ4n) is 2.47. The first kappa shape index (κ1) is 14.2. The van der Waals surface area contributed by atoms with Crippen molar-refractivity contribution in [1.29, 1.82) is 0 Å². The first-order valence-electron chi connectivity index (χ1n) is 7.30. The number of hydrogen-bond donors (Lipinski definition) is 2. The number of aryl methyl sites for hydroxylation is 1. The maximum absolute atomic E-state index is 12.2. The number of fused-ring (bicyclic) bond motifs is 1. The number of benzene rings is 1. The van der Waals surface area contributed by atoms with Crippen molar-refractivity contribution in [3.63, 3.8) is 0 Å². The van der Waals surface area contributed by atoms with Crippen molar-refractivity contribution in [2.75, 3.05) is 6.54 Å². The van der Waals surface area contributed by atoms with Crippen LogP contribution in [-0.4, -0.2) is 17.4 Å². The van der Waals surface area contributed by atoms with Crippen LogP contribution in [0.25, 0.3) is 0 Å². The van der Waals surface area contributed by atoms with Crippen molar-refractivity contribution in [3.05, 3.63) is 51.0 Å². The van der Waals surface area contributed by atoms with Gasteiger partial charge in [0.25, 0.3) is 5.91 Å². The number of thiazole rings is 1. The van der Waals surface area contributed by atoms with Gasteiger partial charge in [-0.05, 0) is 42.6 Å². The van der Waals surface area contributed by atoms with Crippen LogP contribution in [-0.2, 0) is 25.9 Å². The Morgan fingerprint density at radius 1 is 1.43 bits per heavy atom. The highest BCUT2D eigenvalue weighted by molar-refractivity contribution is 7.11. The molecule has 1 aliphatic heterocycles. The molecule has 0 fully saturated rings. The van der Waals surface area contributed by atoms with Gasteiger partial charge in [-0.3, -0.25) is 4.79 Å². The van der Waals surface area contributed by atoms with Crippen LogP contribution in [0.4, 0.5) is 0 Å². The smallest absolute Gasteiger partial charge is 0.251 e. The van der Waals surface area contributed by atoms with Gasteiger partial charge in [0.2, 0.25) is 0 Å². The second-order valence-electron chi connectivity index (χ2n) is 5.17. The molecule has 110 valence electrons. The summed E-state index contributed by atoms with van der Waals surface area (Å²) in [4.78, 5) is 17.8. The van der Waals surface area contributed by atoms with Crippen LogP contribution in [0.1, 0.15) is 38.3 Å². The van der Waals surface area contributed by atoms with Crippen molar-refractivity contribution in [2.24, 2.45) is 0 Å². The summed E-state index contributed by atoms with van der Waals surface area (Å²) < 4.78 is 0. The summed E-state index contributed by atoms with van der Waals surface area (Å²) >= 11 is 1.66. The van der Waals surface area contributed by atoms with E-state index < -0.39 is 0 Å². The van der Waals surface area contributed by atoms with Gasteiger partial charge in [-0.2, -0.15) is 0 Å². The monoisotopic (exact) mass is 301 g/mol. The summed E-state index contributed by atoms with van der Waals surface area (Å²) in [7, 11) is 0. The zero-order valence-electron chi connectivity index (χ0n) is 12.1. The Morgan fingerprint density at radius 3 is 3.14 bits per heavy atom. The minimum absolute atomic E-state index is 0.0309. The van der Waals surface area contributed by atoms with Crippen molar-refractivity contribution in [2.45, 2.75) is 32.9 Å². The van der Waals surface area contributed by atoms with E-state index in [0.717, 1.165) is 36.5 Å². The molecule has 1 amide bonds. The molecule has 0 saturated carbocycles. The van der Waals surface area contributed by atoms with Crippen LogP contribution < -0.4 is 10.6 Å². The van der Waals surface area contributed by atoms with E-state index in [1.54, 1.807) is 11.3 Å². The van der Waals surface area contributed by atoms with Crippen LogP contribution in [0.3, 0.4) is 0 Å². The minimum atomic E-state index is -0.0309. The molecule has 5 heteroatoms. The molecular formula is C16H19N3OS. The molecule has 2 heterocycles. The van der Waals surface area contributed by atoms with Crippen molar-refractivity contribution >= 4 is 17.2 Å². The lowest BCUT2D eigenvalue weighted by Gasteiger charge is -2.17. The van der Waals surface area contributed by atoms with Crippen molar-refractivity contribution < 1.29 is 4.79 Å². The predicted molar refractivity (Wildman–Crippen MR) is 84.5 cm³/mol. The molecule has 0 saturated heterocycles. The number of hydrogen-bond acceptors (Lipinski definition) is 4. The maximum Gasteiger partial charge on any atom is 0.251 e. The molecule has 0 bridgehead atoms. The third-order valence-corrected chi connectivity index (χ3v) is 4.85. The van der Waals surface area contributed by atoms with Crippen LogP contribution in [0.15, 0.2) is 24.4 Å². The average molecular weight is 301 g/mol. The van der Waals surface area contributed by atoms with Gasteiger partial charge < -0.3 is 10.6 Å². The molecule has 1 aromatic carbocycles. The molecule has 4 nitrogen and oxygen atoms in total. The number of nitrogens with one attached hydrogen (secondary N) is 2. The Kier molecular flexibility index (Phi) is 4.31. The maximum atomic E-state index is 12.2. The molecule has 0 aliphatic carbocycles. The summed E-state index contributed by atoms with van der Waals surface area (Å²) in [5.74, 6) is -0.0309. The lowest BCUT2D eigenvalue weighted by atomic mass is 9.98. The van der Waals surface area contributed by atoms with Crippen molar-refractivity contribution in [3.8, 4) is 0 Å². The fourth-order valence-corrected chi connectivity index (χ4v) is 3.28. The Balaban J connectivity index is 1.65. The van der Waals surface area contributed by atoms with Crippen LogP contribution in [0, 0.1) is 0 Å². The normalized spacial score (nSPS) is 13.8. The molecule has 0 spiro atoms. The first-order chi connectivity index (χ1) is 10.3. The molecule has 3 rings (SSSR count). The van der Waals surface area contributed by atoms with Gasteiger partial charge in [0, 0.05) is 23.2 Å². The second kappa shape index (κ2) is 6.37. The summed E-state index contributed by atoms with van der Waals surface area (Å²) in [6, 6.07) is 5.98. The zero-order chi connectivity index (χ0) is 14.7. The third-order valence-electron chi connectivity index (χ3n) is 3.71. The molecule has 21 heavy (non-hydrogen) atoms. The largest absolute Gasteiger partial charge is 0.346 e. The Morgan fingerprint density at radius 2 is 2.33 bits per heavy atom. The Bertz CT molecular complexity index is 651. The molecule has 0 atom stereocenters. The molecule has 0 unspecified atom stereocenters. The Labute approximate surface area is 128 Å². The van der Waals surface area contributed by atoms with E-state index in [4.69, 9.17) is 0 Å². The number of nitrogens with zero attached hydrogens (tertiary/aromatic N) is 1. The van der Waals surface area contributed by atoms with E-state index in [1.165, 1.54) is 16.0 Å². The molecule has 1 aromatic heterocycles. The fraction of sp³-hybridized carbons (Fsp3) is 0.375. The minimum Gasteiger partial charge on any atom is -0.346 e. The third kappa shape index (κ3) is 3.31. The van der Waals surface area contributed by atoms with E-state index >= 15 is 0 Å². The summed E-state index contributed by atoms with van der Waals surface area (Å²) in [5, 5.41) is 7.24. The quantitative estimate of drug-likeness (QED) is 0.911. The standard InChI is InChI=1S/C16H19N3OS/c1-2-14-9-18-15(21-14)10-19-16(20)12-4-3-11-5-6-17-8-13(11)7-12/h3-4,7,9,17H,2,5-6,8,10H2,1H3,(H,19,20). The lowest BCUT2D eigenvalue weighted by molar-refractivity contribution is 0.0950. The van der Waals surface area contributed by atoms with Gasteiger partial charge in [0.15, 0.2) is 0 Å². The SMILES string of the molecule is CCc1cnc(CNC(=O)c2ccc3c(c2)CNCC3)s1. The van der Waals surface area contributed by atoms with E-state index in [2.05, 4.69) is 28.6 Å². The van der Waals surface area contributed by atoms with Gasteiger partial charge in [-0.25, -0.2) is 4.98 Å². The summed E-state index contributed by atoms with van der Waals surface area (Å²) in [6.45, 7) is 4.47. The van der Waals surface area contributed by atoms with E-state index in [1.807, 2.05) is 18.3 Å². The van der Waals surface area contributed by atoms with Gasteiger partial charge in [0.05, 0.1) is 6.54 Å². The molecular weight excluding hydrogens is 282 g/mol. The van der Waals surface area contributed by atoms with Crippen LogP contribution in [0.5, 0.6) is 0 Å². The topological polar surface area (TPSA) is 54.0 Å². The Hall–Kier alpha value is -1.72. The average Bonchev–Trinajstić information content (AvgIpc) is 3.00. The number of aromatic nitrogens is 1. The molecule has 1 aliphatic rings. The lowest BCUT2D eigenvalue weighted by Crippen LogP contribution is -2.26. The van der Waals surface area contributed by atoms with Crippen molar-refractivity contribution in [1.82, 2.24) is 15.6 Å². The van der Waals surface area contributed by atoms with Gasteiger partial charge in [-0.15, -0.1) is 11.3 Å². The molecule has 2 aromatic rings. The van der Waals surface area contributed by atoms with Crippen LogP contribution >= 0.6 is 11.3 Å². The first-order valence-corrected chi connectivity index (χ1v) is 8.12. The van der Waals surface area contributed by atoms with Gasteiger partial charge in [0.1, 0.15) is 5.01 Å². The number of amides is 1. The molecule has 2 N–H and O–H groups in total. The predicted octanol–water partition coefficient (Wildman–Crippen LogP) is 2.28. The zero-order valence-corrected chi connectivity index (χ0v) is 12.9. The number of carbonyl (C=O) groups is 1. The molecule has 0 radical (unpaired) electrons. The number of rotatable bonds is 4. The highest BCUT2D eigenvalue weighted by Crippen LogP contribution is 2.16. The highest BCUT2D eigenvalue weighted by Gasteiger charge is 2.12. The van der Waals surface area contributed by atoms with Crippen LogP contribution in [0.2, 0.25) is 0 Å². The summed E-state index contributed by atoms with van der Waals surface area (Å²) in [5.41, 5.74) is 3.30. The van der Waals surface area contributed by atoms with E-state index in [-0.39, 0.29) is 5.91 Å². The van der Waals surface area contributed by atoms with E-state index in [9.17, 15) is 4.79 Å². The van der Waals surface area contributed by atoms with Gasteiger partial charge >= 0.3 is 0 Å². The second-order valence-corrected chi connectivity index (χ2v) is 6.37. The highest BCUT2D eigenvalue weighted by atomic mass is 32.1. The number of carbonyl (C=O) groups excluding carboxylic acids is 1.